The summed E-state index contributed by atoms with van der Waals surface area (Å²) >= 11 is 5.93. The Morgan fingerprint density at radius 1 is 1.20 bits per heavy atom. The molecule has 106 valence electrons. The fourth-order valence-corrected chi connectivity index (χ4v) is 3.25. The number of ether oxygens (including phenoxy) is 1. The van der Waals surface area contributed by atoms with Gasteiger partial charge in [0.15, 0.2) is 0 Å². The summed E-state index contributed by atoms with van der Waals surface area (Å²) in [5, 5.41) is 3.40. The van der Waals surface area contributed by atoms with Gasteiger partial charge in [-0.25, -0.2) is 0 Å². The van der Waals surface area contributed by atoms with Gasteiger partial charge in [-0.05, 0) is 66.4 Å². The molecule has 0 fully saturated rings. The van der Waals surface area contributed by atoms with Gasteiger partial charge in [-0.15, -0.1) is 0 Å². The van der Waals surface area contributed by atoms with Crippen molar-refractivity contribution >= 4 is 38.5 Å². The van der Waals surface area contributed by atoms with E-state index in [1.54, 1.807) is 0 Å². The van der Waals surface area contributed by atoms with Crippen LogP contribution in [0.2, 0.25) is 0 Å². The Hall–Kier alpha value is -0.590. The van der Waals surface area contributed by atoms with Crippen molar-refractivity contribution in [2.45, 2.75) is 13.0 Å². The summed E-state index contributed by atoms with van der Waals surface area (Å²) < 4.78 is 8.08. The molecule has 0 aromatic heterocycles. The standard InChI is InChI=1S/C16H17BrINO/c1-3-20-15-7-5-4-6-12(15)16(19-2)13-10-11(17)8-9-14(13)18/h4-10,16,19H,3H2,1-2H3. The summed E-state index contributed by atoms with van der Waals surface area (Å²) in [5.74, 6) is 0.935. The second-order valence-electron chi connectivity index (χ2n) is 4.36. The Morgan fingerprint density at radius 3 is 2.65 bits per heavy atom. The van der Waals surface area contributed by atoms with E-state index in [2.05, 4.69) is 68.1 Å². The zero-order valence-electron chi connectivity index (χ0n) is 11.5. The highest BCUT2D eigenvalue weighted by atomic mass is 127. The van der Waals surface area contributed by atoms with Crippen LogP contribution in [0.3, 0.4) is 0 Å². The van der Waals surface area contributed by atoms with E-state index in [0.717, 1.165) is 15.8 Å². The van der Waals surface area contributed by atoms with Gasteiger partial charge >= 0.3 is 0 Å². The third kappa shape index (κ3) is 3.54. The molecule has 2 nitrogen and oxygen atoms in total. The Bertz CT molecular complexity index is 588. The second kappa shape index (κ2) is 7.43. The molecule has 2 aromatic rings. The molecule has 0 heterocycles. The monoisotopic (exact) mass is 445 g/mol. The lowest BCUT2D eigenvalue weighted by Gasteiger charge is -2.21. The Kier molecular flexibility index (Phi) is 5.86. The van der Waals surface area contributed by atoms with Crippen molar-refractivity contribution in [3.05, 3.63) is 61.6 Å². The average Bonchev–Trinajstić information content (AvgIpc) is 2.45. The first-order valence-electron chi connectivity index (χ1n) is 6.51. The molecule has 0 amide bonds. The highest BCUT2D eigenvalue weighted by Crippen LogP contribution is 2.33. The van der Waals surface area contributed by atoms with Gasteiger partial charge in [-0.1, -0.05) is 34.1 Å². The molecule has 2 aromatic carbocycles. The maximum atomic E-state index is 5.76. The van der Waals surface area contributed by atoms with E-state index in [1.807, 2.05) is 32.2 Å². The molecule has 0 aliphatic heterocycles. The summed E-state index contributed by atoms with van der Waals surface area (Å²) in [4.78, 5) is 0. The van der Waals surface area contributed by atoms with Gasteiger partial charge < -0.3 is 10.1 Å². The highest BCUT2D eigenvalue weighted by molar-refractivity contribution is 14.1. The van der Waals surface area contributed by atoms with Crippen LogP contribution in [0.15, 0.2) is 46.9 Å². The third-order valence-electron chi connectivity index (χ3n) is 3.09. The number of hydrogen-bond donors (Lipinski definition) is 1. The summed E-state index contributed by atoms with van der Waals surface area (Å²) in [7, 11) is 1.98. The summed E-state index contributed by atoms with van der Waals surface area (Å²) in [6, 6.07) is 14.6. The summed E-state index contributed by atoms with van der Waals surface area (Å²) in [6.45, 7) is 2.68. The van der Waals surface area contributed by atoms with Crippen LogP contribution in [0.25, 0.3) is 0 Å². The van der Waals surface area contributed by atoms with Crippen LogP contribution >= 0.6 is 38.5 Å². The Morgan fingerprint density at radius 2 is 1.95 bits per heavy atom. The van der Waals surface area contributed by atoms with Crippen molar-refractivity contribution in [3.8, 4) is 5.75 Å². The highest BCUT2D eigenvalue weighted by Gasteiger charge is 2.18. The zero-order valence-corrected chi connectivity index (χ0v) is 15.2. The number of rotatable bonds is 5. The van der Waals surface area contributed by atoms with E-state index in [9.17, 15) is 0 Å². The second-order valence-corrected chi connectivity index (χ2v) is 6.44. The molecular weight excluding hydrogens is 429 g/mol. The predicted molar refractivity (Wildman–Crippen MR) is 95.4 cm³/mol. The van der Waals surface area contributed by atoms with Crippen LogP contribution in [-0.2, 0) is 0 Å². The van der Waals surface area contributed by atoms with Crippen molar-refractivity contribution in [1.29, 1.82) is 0 Å². The molecule has 2 rings (SSSR count). The first kappa shape index (κ1) is 15.8. The van der Waals surface area contributed by atoms with Gasteiger partial charge in [0.1, 0.15) is 5.75 Å². The molecule has 0 bridgehead atoms. The Labute approximate surface area is 142 Å². The van der Waals surface area contributed by atoms with E-state index >= 15 is 0 Å². The molecule has 0 spiro atoms. The minimum atomic E-state index is 0.113. The number of nitrogens with one attached hydrogen (secondary N) is 1. The SMILES string of the molecule is CCOc1ccccc1C(NC)c1cc(Br)ccc1I. The minimum Gasteiger partial charge on any atom is -0.494 e. The van der Waals surface area contributed by atoms with Gasteiger partial charge in [0.25, 0.3) is 0 Å². The molecule has 0 aliphatic carbocycles. The topological polar surface area (TPSA) is 21.3 Å². The normalized spacial score (nSPS) is 12.2. The molecule has 0 radical (unpaired) electrons. The molecule has 20 heavy (non-hydrogen) atoms. The lowest BCUT2D eigenvalue weighted by Crippen LogP contribution is -2.19. The third-order valence-corrected chi connectivity index (χ3v) is 4.56. The molecule has 4 heteroatoms. The molecule has 0 aliphatic rings. The number of para-hydroxylation sites is 1. The van der Waals surface area contributed by atoms with Gasteiger partial charge in [-0.2, -0.15) is 0 Å². The van der Waals surface area contributed by atoms with Crippen molar-refractivity contribution < 1.29 is 4.74 Å². The van der Waals surface area contributed by atoms with Crippen LogP contribution in [-0.4, -0.2) is 13.7 Å². The van der Waals surface area contributed by atoms with Crippen LogP contribution in [0.5, 0.6) is 5.75 Å². The van der Waals surface area contributed by atoms with E-state index < -0.39 is 0 Å². The maximum Gasteiger partial charge on any atom is 0.124 e. The average molecular weight is 446 g/mol. The Balaban J connectivity index is 2.49. The molecule has 0 saturated heterocycles. The maximum absolute atomic E-state index is 5.76. The van der Waals surface area contributed by atoms with E-state index in [1.165, 1.54) is 9.13 Å². The largest absolute Gasteiger partial charge is 0.494 e. The number of benzene rings is 2. The van der Waals surface area contributed by atoms with E-state index in [0.29, 0.717) is 6.61 Å². The van der Waals surface area contributed by atoms with Crippen LogP contribution in [0.4, 0.5) is 0 Å². The zero-order chi connectivity index (χ0) is 14.5. The number of halogens is 2. The van der Waals surface area contributed by atoms with Crippen LogP contribution < -0.4 is 10.1 Å². The molecule has 1 unspecified atom stereocenters. The fourth-order valence-electron chi connectivity index (χ4n) is 2.22. The quantitative estimate of drug-likeness (QED) is 0.670. The molecule has 1 N–H and O–H groups in total. The van der Waals surface area contributed by atoms with Gasteiger partial charge in [0, 0.05) is 13.6 Å². The van der Waals surface area contributed by atoms with Crippen molar-refractivity contribution in [2.24, 2.45) is 0 Å². The molecule has 1 atom stereocenters. The van der Waals surface area contributed by atoms with E-state index in [-0.39, 0.29) is 6.04 Å². The fraction of sp³-hybridized carbons (Fsp3) is 0.250. The lowest BCUT2D eigenvalue weighted by atomic mass is 9.98. The number of hydrogen-bond acceptors (Lipinski definition) is 2. The lowest BCUT2D eigenvalue weighted by molar-refractivity contribution is 0.334. The van der Waals surface area contributed by atoms with Crippen LogP contribution in [0, 0.1) is 3.57 Å². The summed E-state index contributed by atoms with van der Waals surface area (Å²) in [5.41, 5.74) is 2.41. The van der Waals surface area contributed by atoms with Gasteiger partial charge in [0.05, 0.1) is 12.6 Å². The molecule has 0 saturated carbocycles. The van der Waals surface area contributed by atoms with Crippen molar-refractivity contribution in [2.75, 3.05) is 13.7 Å². The van der Waals surface area contributed by atoms with Crippen LogP contribution in [0.1, 0.15) is 24.1 Å². The van der Waals surface area contributed by atoms with Gasteiger partial charge in [0.2, 0.25) is 0 Å². The smallest absolute Gasteiger partial charge is 0.124 e. The minimum absolute atomic E-state index is 0.113. The summed E-state index contributed by atoms with van der Waals surface area (Å²) in [6.07, 6.45) is 0. The first-order chi connectivity index (χ1) is 9.67. The predicted octanol–water partition coefficient (Wildman–Crippen LogP) is 4.76. The van der Waals surface area contributed by atoms with Crippen molar-refractivity contribution in [3.63, 3.8) is 0 Å². The molecular formula is C16H17BrINO. The van der Waals surface area contributed by atoms with Gasteiger partial charge in [-0.3, -0.25) is 0 Å². The first-order valence-corrected chi connectivity index (χ1v) is 8.38. The van der Waals surface area contributed by atoms with Crippen molar-refractivity contribution in [1.82, 2.24) is 5.32 Å². The van der Waals surface area contributed by atoms with E-state index in [4.69, 9.17) is 4.74 Å².